The van der Waals surface area contributed by atoms with Crippen molar-refractivity contribution < 1.29 is 14.3 Å². The van der Waals surface area contributed by atoms with Crippen molar-refractivity contribution in [3.8, 4) is 11.1 Å². The number of carbonyl (C=O) groups excluding carboxylic acids is 2. The number of ether oxygens (including phenoxy) is 1. The molecule has 2 fully saturated rings. The Bertz CT molecular complexity index is 1520. The number of rotatable bonds is 6. The first-order chi connectivity index (χ1) is 19.4. The molecule has 40 heavy (non-hydrogen) atoms. The van der Waals surface area contributed by atoms with E-state index in [0.717, 1.165) is 29.8 Å². The summed E-state index contributed by atoms with van der Waals surface area (Å²) in [5.41, 5.74) is 5.79. The highest BCUT2D eigenvalue weighted by molar-refractivity contribution is 6.05. The Hall–Kier alpha value is -4.57. The maximum atomic E-state index is 13.2. The highest BCUT2D eigenvalue weighted by Crippen LogP contribution is 2.31. The van der Waals surface area contributed by atoms with Crippen molar-refractivity contribution in [3.63, 3.8) is 0 Å². The number of likely N-dealkylation sites (tertiary alicyclic amines) is 1. The zero-order chi connectivity index (χ0) is 27.6. The highest BCUT2D eigenvalue weighted by Gasteiger charge is 2.32. The summed E-state index contributed by atoms with van der Waals surface area (Å²) in [5, 5.41) is 7.16. The molecule has 2 aliphatic heterocycles. The molecular weight excluding hydrogens is 506 g/mol. The second-order valence-corrected chi connectivity index (χ2v) is 10.3. The molecule has 10 nitrogen and oxygen atoms in total. The predicted octanol–water partition coefficient (Wildman–Crippen LogP) is 3.51. The van der Waals surface area contributed by atoms with Gasteiger partial charge in [0.15, 0.2) is 0 Å². The van der Waals surface area contributed by atoms with Crippen molar-refractivity contribution in [3.05, 3.63) is 89.5 Å². The van der Waals surface area contributed by atoms with Crippen LogP contribution in [0.25, 0.3) is 11.1 Å². The van der Waals surface area contributed by atoms with Crippen molar-refractivity contribution in [2.24, 2.45) is 7.05 Å². The Morgan fingerprint density at radius 2 is 1.65 bits per heavy atom. The largest absolute Gasteiger partial charge is 0.378 e. The first kappa shape index (κ1) is 25.7. The van der Waals surface area contributed by atoms with Gasteiger partial charge in [0.2, 0.25) is 5.95 Å². The lowest BCUT2D eigenvalue weighted by Gasteiger charge is -2.39. The molecule has 6 rings (SSSR count). The summed E-state index contributed by atoms with van der Waals surface area (Å²) >= 11 is 0. The Morgan fingerprint density at radius 1 is 0.925 bits per heavy atom. The number of benzene rings is 2. The lowest BCUT2D eigenvalue weighted by atomic mass is 9.90. The molecule has 2 aromatic heterocycles. The van der Waals surface area contributed by atoms with Gasteiger partial charge in [0.1, 0.15) is 0 Å². The topological polar surface area (TPSA) is 105 Å². The normalized spacial score (nSPS) is 15.6. The number of nitrogens with one attached hydrogen (secondary N) is 1. The van der Waals surface area contributed by atoms with Gasteiger partial charge in [0.25, 0.3) is 11.8 Å². The van der Waals surface area contributed by atoms with Crippen LogP contribution in [0.2, 0.25) is 0 Å². The fourth-order valence-electron chi connectivity index (χ4n) is 5.01. The average Bonchev–Trinajstić information content (AvgIpc) is 3.40. The van der Waals surface area contributed by atoms with E-state index in [2.05, 4.69) is 44.6 Å². The third-order valence-electron chi connectivity index (χ3n) is 7.52. The summed E-state index contributed by atoms with van der Waals surface area (Å²) in [6.07, 6.45) is 6.90. The maximum Gasteiger partial charge on any atom is 0.258 e. The van der Waals surface area contributed by atoms with Crippen molar-refractivity contribution >= 4 is 23.5 Å². The van der Waals surface area contributed by atoms with Gasteiger partial charge >= 0.3 is 0 Å². The number of aryl methyl sites for hydroxylation is 2. The Labute approximate surface area is 232 Å². The SMILES string of the molecule is Cc1ccc(C(=O)N2CC(c3ccc(-c4cnn(C)c4)cc3)C2)cc1NC(=O)c1cnc(N2CCOCC2)nc1. The number of hydrogen-bond donors (Lipinski definition) is 1. The van der Waals surface area contributed by atoms with E-state index < -0.39 is 0 Å². The lowest BCUT2D eigenvalue weighted by molar-refractivity contribution is 0.0602. The summed E-state index contributed by atoms with van der Waals surface area (Å²) in [4.78, 5) is 38.7. The van der Waals surface area contributed by atoms with Gasteiger partial charge in [-0.05, 0) is 35.7 Å². The fraction of sp³-hybridized carbons (Fsp3) is 0.300. The highest BCUT2D eigenvalue weighted by atomic mass is 16.5. The van der Waals surface area contributed by atoms with Crippen LogP contribution >= 0.6 is 0 Å². The molecule has 0 atom stereocenters. The zero-order valence-electron chi connectivity index (χ0n) is 22.6. The van der Waals surface area contributed by atoms with Gasteiger partial charge in [0, 0.05) is 74.5 Å². The van der Waals surface area contributed by atoms with Gasteiger partial charge in [-0.2, -0.15) is 5.10 Å². The number of hydrogen-bond acceptors (Lipinski definition) is 7. The van der Waals surface area contributed by atoms with Crippen LogP contribution in [-0.4, -0.2) is 75.9 Å². The van der Waals surface area contributed by atoms with Crippen LogP contribution < -0.4 is 10.2 Å². The molecule has 2 saturated heterocycles. The van der Waals surface area contributed by atoms with Gasteiger partial charge in [-0.25, -0.2) is 9.97 Å². The van der Waals surface area contributed by atoms with Crippen molar-refractivity contribution in [2.75, 3.05) is 49.6 Å². The van der Waals surface area contributed by atoms with Gasteiger partial charge in [-0.3, -0.25) is 14.3 Å². The molecule has 4 heterocycles. The van der Waals surface area contributed by atoms with E-state index in [0.29, 0.717) is 55.0 Å². The van der Waals surface area contributed by atoms with E-state index in [1.807, 2.05) is 48.3 Å². The van der Waals surface area contributed by atoms with Gasteiger partial charge in [0.05, 0.1) is 25.0 Å². The minimum Gasteiger partial charge on any atom is -0.378 e. The minimum absolute atomic E-state index is 0.0445. The summed E-state index contributed by atoms with van der Waals surface area (Å²) < 4.78 is 7.16. The smallest absolute Gasteiger partial charge is 0.258 e. The summed E-state index contributed by atoms with van der Waals surface area (Å²) in [6.45, 7) is 5.94. The summed E-state index contributed by atoms with van der Waals surface area (Å²) in [5.74, 6) is 0.523. The number of amides is 2. The maximum absolute atomic E-state index is 13.2. The molecule has 0 radical (unpaired) electrons. The van der Waals surface area contributed by atoms with Gasteiger partial charge < -0.3 is 19.9 Å². The van der Waals surface area contributed by atoms with Crippen LogP contribution in [0.15, 0.2) is 67.3 Å². The second kappa shape index (κ2) is 10.9. The molecule has 1 N–H and O–H groups in total. The number of carbonyl (C=O) groups is 2. The Balaban J connectivity index is 1.07. The van der Waals surface area contributed by atoms with Crippen LogP contribution in [0.4, 0.5) is 11.6 Å². The van der Waals surface area contributed by atoms with E-state index in [1.54, 1.807) is 10.7 Å². The molecule has 2 aliphatic rings. The molecule has 0 aliphatic carbocycles. The molecule has 4 aromatic rings. The molecular formula is C30H31N7O3. The Kier molecular flexibility index (Phi) is 7.00. The zero-order valence-corrected chi connectivity index (χ0v) is 22.6. The first-order valence-electron chi connectivity index (χ1n) is 13.4. The molecule has 2 amide bonds. The minimum atomic E-state index is -0.319. The number of morpholine rings is 1. The second-order valence-electron chi connectivity index (χ2n) is 10.3. The van der Waals surface area contributed by atoms with Crippen LogP contribution in [0.5, 0.6) is 0 Å². The van der Waals surface area contributed by atoms with Gasteiger partial charge in [-0.1, -0.05) is 30.3 Å². The number of nitrogens with zero attached hydrogens (tertiary/aromatic N) is 6. The standard InChI is InChI=1S/C30H31N7O3/c1-20-3-4-23(13-27(20)34-28(38)24-14-31-30(32-15-24)36-9-11-40-12-10-36)29(39)37-18-26(19-37)22-7-5-21(6-8-22)25-16-33-35(2)17-25/h3-8,13-17,26H,9-12,18-19H2,1-2H3,(H,34,38). The quantitative estimate of drug-likeness (QED) is 0.401. The summed E-state index contributed by atoms with van der Waals surface area (Å²) in [7, 11) is 1.91. The molecule has 204 valence electrons. The summed E-state index contributed by atoms with van der Waals surface area (Å²) in [6, 6.07) is 13.9. The van der Waals surface area contributed by atoms with Gasteiger partial charge in [-0.15, -0.1) is 0 Å². The number of anilines is 2. The van der Waals surface area contributed by atoms with Crippen LogP contribution in [0, 0.1) is 6.92 Å². The first-order valence-corrected chi connectivity index (χ1v) is 13.4. The monoisotopic (exact) mass is 537 g/mol. The van der Waals surface area contributed by atoms with Crippen molar-refractivity contribution in [1.82, 2.24) is 24.6 Å². The van der Waals surface area contributed by atoms with Crippen LogP contribution in [0.3, 0.4) is 0 Å². The van der Waals surface area contributed by atoms with Crippen molar-refractivity contribution in [2.45, 2.75) is 12.8 Å². The fourth-order valence-corrected chi connectivity index (χ4v) is 5.01. The molecule has 0 spiro atoms. The lowest BCUT2D eigenvalue weighted by Crippen LogP contribution is -2.48. The van der Waals surface area contributed by atoms with E-state index in [9.17, 15) is 9.59 Å². The van der Waals surface area contributed by atoms with Crippen LogP contribution in [0.1, 0.15) is 37.8 Å². The number of aromatic nitrogens is 4. The molecule has 0 unspecified atom stereocenters. The van der Waals surface area contributed by atoms with E-state index in [1.165, 1.54) is 18.0 Å². The molecule has 0 saturated carbocycles. The van der Waals surface area contributed by atoms with E-state index in [-0.39, 0.29) is 11.8 Å². The molecule has 0 bridgehead atoms. The predicted molar refractivity (Wildman–Crippen MR) is 151 cm³/mol. The Morgan fingerprint density at radius 3 is 2.33 bits per heavy atom. The van der Waals surface area contributed by atoms with E-state index >= 15 is 0 Å². The van der Waals surface area contributed by atoms with Crippen molar-refractivity contribution in [1.29, 1.82) is 0 Å². The molecule has 10 heteroatoms. The third-order valence-corrected chi connectivity index (χ3v) is 7.52. The van der Waals surface area contributed by atoms with E-state index in [4.69, 9.17) is 4.74 Å². The van der Waals surface area contributed by atoms with Crippen LogP contribution in [-0.2, 0) is 11.8 Å². The third kappa shape index (κ3) is 5.30. The molecule has 2 aromatic carbocycles. The average molecular weight is 538 g/mol.